The van der Waals surface area contributed by atoms with Gasteiger partial charge in [-0.05, 0) is 49.4 Å². The number of H-pyrrole nitrogens is 1. The summed E-state index contributed by atoms with van der Waals surface area (Å²) in [6.45, 7) is 8.11. The van der Waals surface area contributed by atoms with E-state index in [0.29, 0.717) is 31.0 Å². The molecule has 0 aliphatic heterocycles. The molecule has 4 rings (SSSR count). The van der Waals surface area contributed by atoms with Crippen molar-refractivity contribution in [3.05, 3.63) is 65.3 Å². The maximum atomic E-state index is 13.6. The first-order valence-corrected chi connectivity index (χ1v) is 13.8. The Bertz CT molecular complexity index is 1410. The summed E-state index contributed by atoms with van der Waals surface area (Å²) in [5.74, 6) is 2.03. The van der Waals surface area contributed by atoms with Crippen LogP contribution in [0, 0.1) is 12.8 Å². The van der Waals surface area contributed by atoms with Gasteiger partial charge in [-0.2, -0.15) is 9.29 Å². The van der Waals surface area contributed by atoms with Crippen LogP contribution in [0.4, 0.5) is 0 Å². The number of benzene rings is 1. The maximum absolute atomic E-state index is 13.6. The van der Waals surface area contributed by atoms with E-state index < -0.39 is 16.1 Å². The molecule has 0 bridgehead atoms. The average Bonchev–Trinajstić information content (AvgIpc) is 3.47. The second kappa shape index (κ2) is 10.9. The number of aromatic amines is 1. The lowest BCUT2D eigenvalue weighted by Crippen LogP contribution is -2.32. The van der Waals surface area contributed by atoms with Gasteiger partial charge in [-0.25, -0.2) is 13.4 Å². The van der Waals surface area contributed by atoms with Crippen molar-refractivity contribution in [2.45, 2.75) is 70.7 Å². The zero-order valence-electron chi connectivity index (χ0n) is 21.5. The number of hydrogen-bond acceptors (Lipinski definition) is 7. The molecule has 0 fully saturated rings. The number of nitrogens with zero attached hydrogens (tertiary/aromatic N) is 5. The first-order chi connectivity index (χ1) is 17.2. The number of rotatable bonds is 11. The maximum Gasteiger partial charge on any atom is 0.245 e. The van der Waals surface area contributed by atoms with Crippen LogP contribution in [0.1, 0.15) is 74.9 Å². The summed E-state index contributed by atoms with van der Waals surface area (Å²) in [6, 6.07) is 8.30. The van der Waals surface area contributed by atoms with Gasteiger partial charge in [0.25, 0.3) is 0 Å². The summed E-state index contributed by atoms with van der Waals surface area (Å²) in [5.41, 5.74) is 3.57. The van der Waals surface area contributed by atoms with E-state index >= 15 is 0 Å². The third-order valence-electron chi connectivity index (χ3n) is 6.22. The van der Waals surface area contributed by atoms with E-state index in [-0.39, 0.29) is 10.8 Å². The van der Waals surface area contributed by atoms with Gasteiger partial charge in [-0.1, -0.05) is 44.5 Å². The van der Waals surface area contributed by atoms with Crippen molar-refractivity contribution >= 4 is 21.1 Å². The lowest BCUT2D eigenvalue weighted by Gasteiger charge is -2.26. The smallest absolute Gasteiger partial charge is 0.245 e. The van der Waals surface area contributed by atoms with Gasteiger partial charge in [-0.3, -0.25) is 4.98 Å². The number of imidazole rings is 1. The summed E-state index contributed by atoms with van der Waals surface area (Å²) in [5, 5.41) is 4.07. The molecule has 1 aromatic carbocycles. The number of fused-ring (bicyclic) bond motifs is 1. The first kappa shape index (κ1) is 26.0. The van der Waals surface area contributed by atoms with E-state index in [9.17, 15) is 8.42 Å². The molecule has 3 aromatic heterocycles. The van der Waals surface area contributed by atoms with Gasteiger partial charge in [0, 0.05) is 26.1 Å². The standard InChI is InChI=1S/C26H34N6O3S/c1-6-7-8-24-30-26(35-31-24)23(15-17(2)3)32(5)36(33,34)20-11-9-19(10-12-20)16-22-25-21(13-14-27-22)28-18(4)29-25/h9-14,17,23H,6-8,15-16H2,1-5H3,(H,28,29). The molecule has 192 valence electrons. The summed E-state index contributed by atoms with van der Waals surface area (Å²) < 4.78 is 34.0. The van der Waals surface area contributed by atoms with Crippen LogP contribution in [-0.2, 0) is 22.9 Å². The molecule has 0 spiro atoms. The predicted molar refractivity (Wildman–Crippen MR) is 138 cm³/mol. The van der Waals surface area contributed by atoms with Crippen molar-refractivity contribution in [1.29, 1.82) is 0 Å². The van der Waals surface area contributed by atoms with E-state index in [1.165, 1.54) is 4.31 Å². The van der Waals surface area contributed by atoms with E-state index in [1.54, 1.807) is 25.4 Å². The molecule has 1 atom stereocenters. The van der Waals surface area contributed by atoms with Crippen LogP contribution in [0.5, 0.6) is 0 Å². The number of aromatic nitrogens is 5. The fourth-order valence-corrected chi connectivity index (χ4v) is 5.56. The zero-order chi connectivity index (χ0) is 25.9. The molecule has 0 saturated carbocycles. The number of pyridine rings is 1. The van der Waals surface area contributed by atoms with Crippen LogP contribution in [-0.4, -0.2) is 44.9 Å². The van der Waals surface area contributed by atoms with Crippen molar-refractivity contribution in [2.75, 3.05) is 7.05 Å². The molecule has 0 radical (unpaired) electrons. The van der Waals surface area contributed by atoms with E-state index in [0.717, 1.165) is 41.0 Å². The molecule has 3 heterocycles. The van der Waals surface area contributed by atoms with Gasteiger partial charge in [0.2, 0.25) is 15.9 Å². The van der Waals surface area contributed by atoms with Gasteiger partial charge < -0.3 is 9.51 Å². The number of hydrogen-bond donors (Lipinski definition) is 1. The van der Waals surface area contributed by atoms with Crippen LogP contribution in [0.2, 0.25) is 0 Å². The number of sulfonamides is 1. The lowest BCUT2D eigenvalue weighted by molar-refractivity contribution is 0.247. The summed E-state index contributed by atoms with van der Waals surface area (Å²) in [7, 11) is -2.21. The van der Waals surface area contributed by atoms with Crippen molar-refractivity contribution in [1.82, 2.24) is 29.4 Å². The van der Waals surface area contributed by atoms with Crippen LogP contribution in [0.15, 0.2) is 45.9 Å². The molecule has 1 unspecified atom stereocenters. The fourth-order valence-electron chi connectivity index (χ4n) is 4.24. The minimum absolute atomic E-state index is 0.218. The topological polar surface area (TPSA) is 118 Å². The summed E-state index contributed by atoms with van der Waals surface area (Å²) in [4.78, 5) is 17.0. The molecule has 0 aliphatic carbocycles. The van der Waals surface area contributed by atoms with Crippen molar-refractivity contribution in [2.24, 2.45) is 5.92 Å². The molecular formula is C26H34N6O3S. The van der Waals surface area contributed by atoms with Crippen LogP contribution < -0.4 is 0 Å². The van der Waals surface area contributed by atoms with Crippen molar-refractivity contribution in [3.8, 4) is 0 Å². The van der Waals surface area contributed by atoms with E-state index in [2.05, 4.69) is 32.0 Å². The lowest BCUT2D eigenvalue weighted by atomic mass is 10.0. The highest BCUT2D eigenvalue weighted by atomic mass is 32.2. The van der Waals surface area contributed by atoms with Crippen molar-refractivity contribution in [3.63, 3.8) is 0 Å². The Balaban J connectivity index is 1.56. The normalized spacial score (nSPS) is 13.2. The third kappa shape index (κ3) is 5.65. The molecule has 0 aliphatic rings. The van der Waals surface area contributed by atoms with Gasteiger partial charge >= 0.3 is 0 Å². The highest BCUT2D eigenvalue weighted by Crippen LogP contribution is 2.31. The minimum Gasteiger partial charge on any atom is -0.342 e. The van der Waals surface area contributed by atoms with Gasteiger partial charge in [0.15, 0.2) is 5.82 Å². The summed E-state index contributed by atoms with van der Waals surface area (Å²) in [6.07, 6.45) is 5.57. The van der Waals surface area contributed by atoms with E-state index in [4.69, 9.17) is 4.52 Å². The third-order valence-corrected chi connectivity index (χ3v) is 8.10. The Labute approximate surface area is 212 Å². The Kier molecular flexibility index (Phi) is 7.85. The fraction of sp³-hybridized carbons (Fsp3) is 0.462. The predicted octanol–water partition coefficient (Wildman–Crippen LogP) is 4.99. The molecule has 1 N–H and O–H groups in total. The van der Waals surface area contributed by atoms with Crippen LogP contribution in [0.3, 0.4) is 0 Å². The minimum atomic E-state index is -3.79. The average molecular weight is 511 g/mol. The largest absolute Gasteiger partial charge is 0.342 e. The summed E-state index contributed by atoms with van der Waals surface area (Å²) >= 11 is 0. The van der Waals surface area contributed by atoms with Crippen LogP contribution in [0.25, 0.3) is 11.0 Å². The number of aryl methyl sites for hydroxylation is 2. The van der Waals surface area contributed by atoms with E-state index in [1.807, 2.05) is 39.0 Å². The monoisotopic (exact) mass is 510 g/mol. The Hall–Kier alpha value is -3.11. The molecule has 36 heavy (non-hydrogen) atoms. The SMILES string of the molecule is CCCCc1noc(C(CC(C)C)N(C)S(=O)(=O)c2ccc(Cc3nccc4[nH]c(C)nc34)cc2)n1. The molecule has 9 nitrogen and oxygen atoms in total. The van der Waals surface area contributed by atoms with Gasteiger partial charge in [-0.15, -0.1) is 0 Å². The van der Waals surface area contributed by atoms with Crippen molar-refractivity contribution < 1.29 is 12.9 Å². The Morgan fingerprint density at radius 1 is 1.11 bits per heavy atom. The first-order valence-electron chi connectivity index (χ1n) is 12.4. The number of nitrogens with one attached hydrogen (secondary N) is 1. The zero-order valence-corrected chi connectivity index (χ0v) is 22.3. The van der Waals surface area contributed by atoms with Gasteiger partial charge in [0.05, 0.1) is 16.1 Å². The second-order valence-corrected chi connectivity index (χ2v) is 11.6. The second-order valence-electron chi connectivity index (χ2n) is 9.62. The Morgan fingerprint density at radius 3 is 2.56 bits per heavy atom. The Morgan fingerprint density at radius 2 is 1.86 bits per heavy atom. The molecule has 0 amide bonds. The highest BCUT2D eigenvalue weighted by molar-refractivity contribution is 7.89. The molecule has 4 aromatic rings. The van der Waals surface area contributed by atoms with Gasteiger partial charge in [0.1, 0.15) is 17.4 Å². The number of unbranched alkanes of at least 4 members (excludes halogenated alkanes) is 1. The molecule has 0 saturated heterocycles. The quantitative estimate of drug-likeness (QED) is 0.302. The highest BCUT2D eigenvalue weighted by Gasteiger charge is 2.33. The molecule has 10 heteroatoms. The van der Waals surface area contributed by atoms with Crippen LogP contribution >= 0.6 is 0 Å². The molecular weight excluding hydrogens is 476 g/mol.